The summed E-state index contributed by atoms with van der Waals surface area (Å²) in [7, 11) is 0. The molecule has 0 bridgehead atoms. The van der Waals surface area contributed by atoms with Crippen LogP contribution < -0.4 is 5.32 Å². The van der Waals surface area contributed by atoms with Crippen molar-refractivity contribution >= 4 is 5.97 Å². The molecule has 5 N–H and O–H groups in total. The van der Waals surface area contributed by atoms with Crippen molar-refractivity contribution in [3.63, 3.8) is 0 Å². The highest BCUT2D eigenvalue weighted by atomic mass is 16.5. The first-order chi connectivity index (χ1) is 7.14. The molecular weight excluding hydrogens is 206 g/mol. The number of ether oxygens (including phenoxy) is 1. The van der Waals surface area contributed by atoms with Crippen LogP contribution in [0.1, 0.15) is 0 Å². The topological polar surface area (TPSA) is 119 Å². The summed E-state index contributed by atoms with van der Waals surface area (Å²) in [6.45, 7) is -2.16. The van der Waals surface area contributed by atoms with Gasteiger partial charge in [-0.1, -0.05) is 0 Å². The average Bonchev–Trinajstić information content (AvgIpc) is 2.29. The first-order valence-electron chi connectivity index (χ1n) is 4.48. The van der Waals surface area contributed by atoms with Crippen LogP contribution in [-0.2, 0) is 9.53 Å². The number of esters is 1. The quantitative estimate of drug-likeness (QED) is 0.275. The summed E-state index contributed by atoms with van der Waals surface area (Å²) in [6, 6.07) is 0. The van der Waals surface area contributed by atoms with E-state index in [-0.39, 0.29) is 19.8 Å². The molecule has 0 aromatic rings. The van der Waals surface area contributed by atoms with Gasteiger partial charge in [-0.15, -0.1) is 0 Å². The summed E-state index contributed by atoms with van der Waals surface area (Å²) in [5, 5.41) is 37.5. The minimum Gasteiger partial charge on any atom is -0.462 e. The molecular formula is C8H17NO6. The van der Waals surface area contributed by atoms with E-state index in [1.165, 1.54) is 0 Å². The number of aliphatic hydroxyl groups excluding tert-OH is 4. The fourth-order valence-electron chi connectivity index (χ4n) is 0.788. The molecule has 0 aliphatic carbocycles. The molecule has 7 nitrogen and oxygen atoms in total. The van der Waals surface area contributed by atoms with Gasteiger partial charge < -0.3 is 25.2 Å². The third-order valence-electron chi connectivity index (χ3n) is 1.87. The molecule has 7 heteroatoms. The van der Waals surface area contributed by atoms with Gasteiger partial charge in [-0.2, -0.15) is 0 Å². The fraction of sp³-hybridized carbons (Fsp3) is 0.875. The Balaban J connectivity index is 3.93. The molecule has 0 heterocycles. The Morgan fingerprint density at radius 2 is 1.67 bits per heavy atom. The summed E-state index contributed by atoms with van der Waals surface area (Å²) in [5.41, 5.74) is -1.29. The van der Waals surface area contributed by atoms with Gasteiger partial charge in [0.15, 0.2) is 0 Å². The van der Waals surface area contributed by atoms with E-state index in [1.807, 2.05) is 0 Å². The van der Waals surface area contributed by atoms with Gasteiger partial charge in [0, 0.05) is 0 Å². The summed E-state index contributed by atoms with van der Waals surface area (Å²) in [4.78, 5) is 11.0. The smallest absolute Gasteiger partial charge is 0.320 e. The Morgan fingerprint density at radius 1 is 1.13 bits per heavy atom. The Hall–Kier alpha value is -0.730. The van der Waals surface area contributed by atoms with Gasteiger partial charge in [0.2, 0.25) is 0 Å². The van der Waals surface area contributed by atoms with E-state index < -0.39 is 31.3 Å². The van der Waals surface area contributed by atoms with Crippen molar-refractivity contribution in [3.8, 4) is 0 Å². The molecule has 0 aliphatic rings. The third kappa shape index (κ3) is 5.05. The fourth-order valence-corrected chi connectivity index (χ4v) is 0.788. The van der Waals surface area contributed by atoms with Crippen LogP contribution in [0.15, 0.2) is 0 Å². The van der Waals surface area contributed by atoms with Crippen LogP contribution in [0.3, 0.4) is 0 Å². The van der Waals surface area contributed by atoms with Gasteiger partial charge in [-0.3, -0.25) is 10.1 Å². The van der Waals surface area contributed by atoms with E-state index in [9.17, 15) is 4.79 Å². The minimum atomic E-state index is -1.29. The van der Waals surface area contributed by atoms with Crippen molar-refractivity contribution in [2.75, 3.05) is 39.6 Å². The van der Waals surface area contributed by atoms with E-state index >= 15 is 0 Å². The third-order valence-corrected chi connectivity index (χ3v) is 1.87. The maximum absolute atomic E-state index is 11.0. The lowest BCUT2D eigenvalue weighted by atomic mass is 10.0. The lowest BCUT2D eigenvalue weighted by molar-refractivity contribution is -0.144. The van der Waals surface area contributed by atoms with Crippen molar-refractivity contribution in [2.45, 2.75) is 5.54 Å². The molecule has 0 aliphatic heterocycles. The van der Waals surface area contributed by atoms with Gasteiger partial charge in [0.25, 0.3) is 0 Å². The number of aliphatic hydroxyl groups is 4. The zero-order valence-electron chi connectivity index (χ0n) is 8.35. The van der Waals surface area contributed by atoms with Gasteiger partial charge >= 0.3 is 5.97 Å². The number of nitrogens with one attached hydrogen (secondary N) is 1. The van der Waals surface area contributed by atoms with Crippen molar-refractivity contribution in [3.05, 3.63) is 0 Å². The van der Waals surface area contributed by atoms with Gasteiger partial charge in [-0.25, -0.2) is 0 Å². The Bertz CT molecular complexity index is 174. The standard InChI is InChI=1S/C8H17NO6/c10-1-2-15-7(14)3-9-8(4-11,5-12)6-13/h9-13H,1-6H2. The molecule has 0 radical (unpaired) electrons. The molecule has 0 saturated carbocycles. The second-order valence-electron chi connectivity index (χ2n) is 3.05. The SMILES string of the molecule is O=C(CNC(CO)(CO)CO)OCCO. The molecule has 0 aromatic heterocycles. The number of hydrogen-bond donors (Lipinski definition) is 5. The van der Waals surface area contributed by atoms with Crippen molar-refractivity contribution in [2.24, 2.45) is 0 Å². The van der Waals surface area contributed by atoms with E-state index in [1.54, 1.807) is 0 Å². The van der Waals surface area contributed by atoms with Gasteiger partial charge in [-0.05, 0) is 0 Å². The van der Waals surface area contributed by atoms with Crippen LogP contribution in [0.25, 0.3) is 0 Å². The number of hydrogen-bond acceptors (Lipinski definition) is 7. The lowest BCUT2D eigenvalue weighted by Gasteiger charge is -2.28. The Kier molecular flexibility index (Phi) is 7.18. The normalized spacial score (nSPS) is 11.5. The summed E-state index contributed by atoms with van der Waals surface area (Å²) in [5.74, 6) is -0.635. The van der Waals surface area contributed by atoms with Gasteiger partial charge in [0.1, 0.15) is 6.61 Å². The minimum absolute atomic E-state index is 0.106. The zero-order chi connectivity index (χ0) is 11.7. The zero-order valence-corrected chi connectivity index (χ0v) is 8.35. The van der Waals surface area contributed by atoms with Crippen LogP contribution in [0.5, 0.6) is 0 Å². The van der Waals surface area contributed by atoms with Crippen LogP contribution in [0.4, 0.5) is 0 Å². The molecule has 0 saturated heterocycles. The van der Waals surface area contributed by atoms with Crippen LogP contribution in [0.2, 0.25) is 0 Å². The van der Waals surface area contributed by atoms with E-state index in [4.69, 9.17) is 20.4 Å². The second-order valence-corrected chi connectivity index (χ2v) is 3.05. The number of rotatable bonds is 8. The molecule has 0 unspecified atom stereocenters. The maximum Gasteiger partial charge on any atom is 0.320 e. The highest BCUT2D eigenvalue weighted by molar-refractivity contribution is 5.71. The van der Waals surface area contributed by atoms with Crippen molar-refractivity contribution in [1.82, 2.24) is 5.32 Å². The molecule has 15 heavy (non-hydrogen) atoms. The van der Waals surface area contributed by atoms with Crippen LogP contribution >= 0.6 is 0 Å². The lowest BCUT2D eigenvalue weighted by Crippen LogP contribution is -2.56. The highest BCUT2D eigenvalue weighted by Gasteiger charge is 2.28. The second kappa shape index (κ2) is 7.55. The van der Waals surface area contributed by atoms with E-state index in [0.717, 1.165) is 0 Å². The molecule has 0 rings (SSSR count). The van der Waals surface area contributed by atoms with E-state index in [0.29, 0.717) is 0 Å². The van der Waals surface area contributed by atoms with Crippen LogP contribution in [0, 0.1) is 0 Å². The van der Waals surface area contributed by atoms with Crippen molar-refractivity contribution in [1.29, 1.82) is 0 Å². The highest BCUT2D eigenvalue weighted by Crippen LogP contribution is 2.00. The molecule has 0 fully saturated rings. The molecule has 0 atom stereocenters. The number of carbonyl (C=O) groups is 1. The first kappa shape index (κ1) is 14.3. The monoisotopic (exact) mass is 223 g/mol. The molecule has 0 aromatic carbocycles. The van der Waals surface area contributed by atoms with Crippen molar-refractivity contribution < 1.29 is 30.0 Å². The molecule has 0 amide bonds. The summed E-state index contributed by atoms with van der Waals surface area (Å²) < 4.78 is 4.52. The molecule has 0 spiro atoms. The summed E-state index contributed by atoms with van der Waals surface area (Å²) >= 11 is 0. The largest absolute Gasteiger partial charge is 0.462 e. The first-order valence-corrected chi connectivity index (χ1v) is 4.48. The predicted octanol–water partition coefficient (Wildman–Crippen LogP) is -3.17. The van der Waals surface area contributed by atoms with Gasteiger partial charge in [0.05, 0.1) is 38.5 Å². The van der Waals surface area contributed by atoms with Crippen LogP contribution in [-0.4, -0.2) is 71.5 Å². The Morgan fingerprint density at radius 3 is 2.07 bits per heavy atom. The maximum atomic E-state index is 11.0. The number of carbonyl (C=O) groups excluding carboxylic acids is 1. The predicted molar refractivity (Wildman–Crippen MR) is 50.0 cm³/mol. The van der Waals surface area contributed by atoms with E-state index in [2.05, 4.69) is 10.1 Å². The molecule has 90 valence electrons. The Labute approximate surface area is 87.3 Å². The average molecular weight is 223 g/mol. The summed E-state index contributed by atoms with van der Waals surface area (Å²) in [6.07, 6.45) is 0.